The van der Waals surface area contributed by atoms with Crippen molar-refractivity contribution in [1.82, 2.24) is 19.9 Å². The van der Waals surface area contributed by atoms with Gasteiger partial charge < -0.3 is 4.74 Å². The van der Waals surface area contributed by atoms with Crippen LogP contribution in [0.4, 0.5) is 0 Å². The highest BCUT2D eigenvalue weighted by atomic mass is 16.5. The average Bonchev–Trinajstić information content (AvgIpc) is 3.63. The molecule has 0 radical (unpaired) electrons. The van der Waals surface area contributed by atoms with Crippen LogP contribution in [0.25, 0.3) is 78.4 Å². The molecule has 1 spiro atoms. The minimum Gasteiger partial charge on any atom is -0.457 e. The SMILES string of the molecule is c1ccc(-c2nc(-c3ccccc3)nc(-c3cccc4c3-c3c(-c5ccc(-c6ccnc7ccccc67)cc5)cccc3C43c4ccccc4Oc4ccccc43)n2)cc1. The monoisotopic (exact) mass is 766 g/mol. The fourth-order valence-electron chi connectivity index (χ4n) is 9.52. The van der Waals surface area contributed by atoms with Gasteiger partial charge in [0.25, 0.3) is 0 Å². The highest BCUT2D eigenvalue weighted by Gasteiger charge is 2.52. The summed E-state index contributed by atoms with van der Waals surface area (Å²) in [5.74, 6) is 3.56. The summed E-state index contributed by atoms with van der Waals surface area (Å²) in [7, 11) is 0. The molecule has 2 aromatic heterocycles. The number of pyridine rings is 1. The van der Waals surface area contributed by atoms with Gasteiger partial charge in [0.1, 0.15) is 11.5 Å². The number of rotatable bonds is 5. The van der Waals surface area contributed by atoms with Crippen molar-refractivity contribution in [1.29, 1.82) is 0 Å². The molecule has 0 unspecified atom stereocenters. The zero-order valence-corrected chi connectivity index (χ0v) is 32.3. The molecule has 0 N–H and O–H groups in total. The van der Waals surface area contributed by atoms with Gasteiger partial charge in [-0.15, -0.1) is 0 Å². The minimum atomic E-state index is -0.685. The third-order valence-corrected chi connectivity index (χ3v) is 12.1. The molecule has 1 aliphatic carbocycles. The summed E-state index contributed by atoms with van der Waals surface area (Å²) < 4.78 is 6.70. The van der Waals surface area contributed by atoms with Crippen molar-refractivity contribution in [2.45, 2.75) is 5.41 Å². The average molecular weight is 767 g/mol. The maximum atomic E-state index is 6.70. The molecule has 5 heteroatoms. The van der Waals surface area contributed by atoms with Gasteiger partial charge in [-0.1, -0.05) is 176 Å². The van der Waals surface area contributed by atoms with E-state index in [1.54, 1.807) is 0 Å². The van der Waals surface area contributed by atoms with Gasteiger partial charge in [0, 0.05) is 39.4 Å². The maximum absolute atomic E-state index is 6.70. The van der Waals surface area contributed by atoms with Crippen LogP contribution in [0.2, 0.25) is 0 Å². The first kappa shape index (κ1) is 34.1. The van der Waals surface area contributed by atoms with Crippen LogP contribution in [-0.4, -0.2) is 19.9 Å². The van der Waals surface area contributed by atoms with Crippen LogP contribution in [0.3, 0.4) is 0 Å². The van der Waals surface area contributed by atoms with Crippen molar-refractivity contribution in [2.24, 2.45) is 0 Å². The lowest BCUT2D eigenvalue weighted by atomic mass is 9.66. The first-order valence-electron chi connectivity index (χ1n) is 20.2. The summed E-state index contributed by atoms with van der Waals surface area (Å²) in [4.78, 5) is 20.3. The van der Waals surface area contributed by atoms with E-state index in [1.807, 2.05) is 48.7 Å². The zero-order chi connectivity index (χ0) is 39.6. The third kappa shape index (κ3) is 5.12. The number of aromatic nitrogens is 4. The van der Waals surface area contributed by atoms with Crippen LogP contribution in [-0.2, 0) is 5.41 Å². The van der Waals surface area contributed by atoms with Crippen LogP contribution >= 0.6 is 0 Å². The second-order valence-corrected chi connectivity index (χ2v) is 15.3. The highest BCUT2D eigenvalue weighted by Crippen LogP contribution is 2.64. The van der Waals surface area contributed by atoms with Gasteiger partial charge in [0.15, 0.2) is 17.5 Å². The van der Waals surface area contributed by atoms with Crippen LogP contribution < -0.4 is 4.74 Å². The molecule has 0 saturated carbocycles. The lowest BCUT2D eigenvalue weighted by Gasteiger charge is -2.39. The quantitative estimate of drug-likeness (QED) is 0.175. The van der Waals surface area contributed by atoms with Gasteiger partial charge in [0.05, 0.1) is 10.9 Å². The topological polar surface area (TPSA) is 60.8 Å². The van der Waals surface area contributed by atoms with E-state index in [9.17, 15) is 0 Å². The summed E-state index contributed by atoms with van der Waals surface area (Å²) in [5.41, 5.74) is 14.4. The normalized spacial score (nSPS) is 12.9. The standard InChI is InChI=1S/C55H34N4O/c1-3-15-37(16-4-1)52-57-53(38-17-5-2-6-18-38)59-54(58-52)42-21-14-25-46-51(42)50-40(36-31-29-35(30-32-36)39-33-34-56-47-26-10-7-19-41(39)47)20-13-24-45(50)55(46)43-22-8-11-27-48(43)60-49-28-12-9-23-44(49)55/h1-34H. The number of ether oxygens (including phenoxy) is 1. The summed E-state index contributed by atoms with van der Waals surface area (Å²) in [6, 6.07) is 70.1. The van der Waals surface area contributed by atoms with Gasteiger partial charge >= 0.3 is 0 Å². The summed E-state index contributed by atoms with van der Waals surface area (Å²) in [6.45, 7) is 0. The smallest absolute Gasteiger partial charge is 0.164 e. The Labute approximate surface area is 347 Å². The van der Waals surface area contributed by atoms with Crippen LogP contribution in [0.5, 0.6) is 11.5 Å². The van der Waals surface area contributed by atoms with Gasteiger partial charge in [-0.2, -0.15) is 0 Å². The molecule has 0 atom stereocenters. The summed E-state index contributed by atoms with van der Waals surface area (Å²) in [6.07, 6.45) is 1.89. The highest BCUT2D eigenvalue weighted by molar-refractivity contribution is 6.02. The number of fused-ring (bicyclic) bond motifs is 10. The third-order valence-electron chi connectivity index (χ3n) is 12.1. The Morgan fingerprint density at radius 3 is 1.45 bits per heavy atom. The Kier molecular flexibility index (Phi) is 7.69. The second-order valence-electron chi connectivity index (χ2n) is 15.3. The van der Waals surface area contributed by atoms with E-state index in [1.165, 1.54) is 5.56 Å². The van der Waals surface area contributed by atoms with Crippen molar-refractivity contribution >= 4 is 10.9 Å². The summed E-state index contributed by atoms with van der Waals surface area (Å²) in [5, 5.41) is 1.13. The van der Waals surface area contributed by atoms with Crippen molar-refractivity contribution < 1.29 is 4.74 Å². The van der Waals surface area contributed by atoms with E-state index in [-0.39, 0.29) is 0 Å². The van der Waals surface area contributed by atoms with Gasteiger partial charge in [-0.05, 0) is 68.8 Å². The predicted molar refractivity (Wildman–Crippen MR) is 240 cm³/mol. The van der Waals surface area contributed by atoms with Gasteiger partial charge in [-0.25, -0.2) is 15.0 Å². The summed E-state index contributed by atoms with van der Waals surface area (Å²) >= 11 is 0. The maximum Gasteiger partial charge on any atom is 0.164 e. The van der Waals surface area contributed by atoms with E-state index in [0.717, 1.165) is 89.2 Å². The zero-order valence-electron chi connectivity index (χ0n) is 32.3. The molecule has 8 aromatic carbocycles. The van der Waals surface area contributed by atoms with Crippen molar-refractivity contribution in [3.8, 4) is 79.0 Å². The molecule has 5 nitrogen and oxygen atoms in total. The Morgan fingerprint density at radius 2 is 0.817 bits per heavy atom. The van der Waals surface area contributed by atoms with Crippen molar-refractivity contribution in [3.05, 3.63) is 229 Å². The van der Waals surface area contributed by atoms with E-state index in [4.69, 9.17) is 19.7 Å². The number of hydrogen-bond acceptors (Lipinski definition) is 5. The molecule has 0 saturated heterocycles. The predicted octanol–water partition coefficient (Wildman–Crippen LogP) is 13.2. The molecule has 2 aliphatic rings. The van der Waals surface area contributed by atoms with Crippen molar-refractivity contribution in [2.75, 3.05) is 0 Å². The largest absolute Gasteiger partial charge is 0.457 e. The second kappa shape index (κ2) is 13.5. The van der Waals surface area contributed by atoms with Crippen LogP contribution in [0.15, 0.2) is 206 Å². The molecule has 10 aromatic rings. The molecular weight excluding hydrogens is 733 g/mol. The van der Waals surface area contributed by atoms with Crippen LogP contribution in [0.1, 0.15) is 22.3 Å². The number of para-hydroxylation sites is 3. The van der Waals surface area contributed by atoms with E-state index in [2.05, 4.69) is 163 Å². The van der Waals surface area contributed by atoms with E-state index < -0.39 is 5.41 Å². The Balaban J connectivity index is 1.15. The fraction of sp³-hybridized carbons (Fsp3) is 0.0182. The fourth-order valence-corrected chi connectivity index (χ4v) is 9.52. The first-order valence-corrected chi connectivity index (χ1v) is 20.2. The lowest BCUT2D eigenvalue weighted by Crippen LogP contribution is -2.32. The molecule has 12 rings (SSSR count). The Morgan fingerprint density at radius 1 is 0.333 bits per heavy atom. The van der Waals surface area contributed by atoms with Crippen LogP contribution in [0, 0.1) is 0 Å². The number of benzene rings is 8. The molecular formula is C55H34N4O. The van der Waals surface area contributed by atoms with E-state index >= 15 is 0 Å². The van der Waals surface area contributed by atoms with E-state index in [0.29, 0.717) is 17.5 Å². The Hall–Kier alpha value is -8.02. The van der Waals surface area contributed by atoms with Gasteiger partial charge in [0.2, 0.25) is 0 Å². The Bertz CT molecular complexity index is 3180. The minimum absolute atomic E-state index is 0.617. The molecule has 1 aliphatic heterocycles. The number of hydrogen-bond donors (Lipinski definition) is 0. The number of nitrogens with zero attached hydrogens (tertiary/aromatic N) is 4. The first-order chi connectivity index (χ1) is 29.8. The molecule has 0 amide bonds. The lowest BCUT2D eigenvalue weighted by molar-refractivity contribution is 0.436. The molecule has 0 fully saturated rings. The van der Waals surface area contributed by atoms with Crippen molar-refractivity contribution in [3.63, 3.8) is 0 Å². The molecule has 60 heavy (non-hydrogen) atoms. The van der Waals surface area contributed by atoms with Gasteiger partial charge in [-0.3, -0.25) is 4.98 Å². The molecule has 3 heterocycles. The molecule has 0 bridgehead atoms. The molecule has 280 valence electrons.